The van der Waals surface area contributed by atoms with Gasteiger partial charge in [0.1, 0.15) is 18.0 Å². The highest BCUT2D eigenvalue weighted by Crippen LogP contribution is 2.51. The van der Waals surface area contributed by atoms with Crippen LogP contribution in [0.25, 0.3) is 0 Å². The normalized spacial score (nSPS) is 25.4. The zero-order chi connectivity index (χ0) is 28.3. The van der Waals surface area contributed by atoms with Crippen LogP contribution in [0.2, 0.25) is 0 Å². The van der Waals surface area contributed by atoms with E-state index >= 15 is 0 Å². The number of phosphoric acid groups is 1. The fraction of sp³-hybridized carbons (Fsp3) is 0.435. The van der Waals surface area contributed by atoms with Crippen molar-refractivity contribution in [3.63, 3.8) is 0 Å². The van der Waals surface area contributed by atoms with E-state index in [1.54, 1.807) is 37.0 Å². The molecule has 3 rings (SSSR count). The van der Waals surface area contributed by atoms with E-state index in [0.29, 0.717) is 10.8 Å². The predicted octanol–water partition coefficient (Wildman–Crippen LogP) is 0.859. The Morgan fingerprint density at radius 3 is 2.58 bits per heavy atom. The number of H-pyrrole nitrogens is 1. The Kier molecular flexibility index (Phi) is 8.94. The Balaban J connectivity index is 1.86. The van der Waals surface area contributed by atoms with E-state index in [2.05, 4.69) is 0 Å². The first kappa shape index (κ1) is 29.2. The number of aromatic amines is 1. The molecule has 0 spiro atoms. The van der Waals surface area contributed by atoms with Gasteiger partial charge in [-0.3, -0.25) is 23.4 Å². The van der Waals surface area contributed by atoms with Crippen molar-refractivity contribution in [1.82, 2.24) is 9.55 Å². The average molecular weight is 556 g/mol. The number of carbonyl (C=O) groups is 1. The van der Waals surface area contributed by atoms with E-state index < -0.39 is 73.7 Å². The first-order valence-corrected chi connectivity index (χ1v) is 12.7. The number of terminal acetylenes is 1. The third kappa shape index (κ3) is 6.39. The van der Waals surface area contributed by atoms with Crippen LogP contribution in [0.3, 0.4) is 0 Å². The minimum Gasteiger partial charge on any atom is -0.461 e. The van der Waals surface area contributed by atoms with E-state index in [1.165, 1.54) is 19.1 Å². The van der Waals surface area contributed by atoms with E-state index in [9.17, 15) is 33.6 Å². The smallest absolute Gasteiger partial charge is 0.461 e. The Morgan fingerprint density at radius 2 is 1.97 bits per heavy atom. The van der Waals surface area contributed by atoms with Crippen molar-refractivity contribution < 1.29 is 47.0 Å². The number of nitrogens with one attached hydrogen (secondary N) is 1. The molecule has 1 aliphatic heterocycles. The summed E-state index contributed by atoms with van der Waals surface area (Å²) in [6, 6.07) is 7.66. The number of aliphatic hydroxyl groups is 2. The number of halogens is 1. The molecule has 38 heavy (non-hydrogen) atoms. The second-order valence-corrected chi connectivity index (χ2v) is 10.0. The molecule has 1 fully saturated rings. The average Bonchev–Trinajstić information content (AvgIpc) is 3.10. The highest BCUT2D eigenvalue weighted by molar-refractivity contribution is 7.49. The number of ether oxygens (including phenoxy) is 2. The van der Waals surface area contributed by atoms with Crippen molar-refractivity contribution in [2.45, 2.75) is 57.0 Å². The number of hydrogen-bond acceptors (Lipinski definition) is 11. The van der Waals surface area contributed by atoms with Gasteiger partial charge in [0, 0.05) is 0 Å². The second kappa shape index (κ2) is 11.6. The summed E-state index contributed by atoms with van der Waals surface area (Å²) in [5, 5.41) is 21.6. The summed E-state index contributed by atoms with van der Waals surface area (Å²) in [4.78, 5) is 37.5. The highest BCUT2D eigenvalue weighted by atomic mass is 31.2. The number of para-hydroxylation sites is 1. The molecule has 0 amide bonds. The van der Waals surface area contributed by atoms with Crippen molar-refractivity contribution in [2.75, 3.05) is 6.61 Å². The fourth-order valence-electron chi connectivity index (χ4n) is 3.39. The number of aromatic nitrogens is 2. The summed E-state index contributed by atoms with van der Waals surface area (Å²) in [5.41, 5.74) is -5.12. The first-order valence-electron chi connectivity index (χ1n) is 11.2. The molecule has 0 radical (unpaired) electrons. The van der Waals surface area contributed by atoms with E-state index in [-0.39, 0.29) is 5.75 Å². The number of phosphoric ester groups is 1. The molecule has 0 unspecified atom stereocenters. The zero-order valence-electron chi connectivity index (χ0n) is 20.5. The number of esters is 1. The number of nitrogens with zero attached hydrogens (tertiary/aromatic N) is 1. The molecule has 0 bridgehead atoms. The van der Waals surface area contributed by atoms with Gasteiger partial charge in [0.15, 0.2) is 17.9 Å². The van der Waals surface area contributed by atoms with Crippen LogP contribution in [0.5, 0.6) is 5.75 Å². The maximum Gasteiger partial charge on any atom is 0.530 e. The molecule has 15 heteroatoms. The molecule has 6 atom stereocenters. The van der Waals surface area contributed by atoms with Crippen LogP contribution in [0, 0.1) is 18.2 Å². The van der Waals surface area contributed by atoms with Crippen LogP contribution >= 0.6 is 7.82 Å². The number of benzene rings is 1. The molecule has 1 saturated heterocycles. The summed E-state index contributed by atoms with van der Waals surface area (Å²) in [6.45, 7) is 3.64. The standard InChI is InChI=1S/C23H26FN2O11P/c1-5-23(31)18(27)17(35-21(23)26-11-16(24)19(28)25-22(26)30)12-33-38(32,37-15-9-7-6-8-10-15)36-14(4)20(29)34-13(2)3/h1,6-11,13-14,17-18,21,27,31H,12H2,2-4H3,(H,25,28,30)/t14-,17+,18-,21+,23+,38-/m0/s1. The molecule has 3 N–H and O–H groups in total. The van der Waals surface area contributed by atoms with Crippen molar-refractivity contribution in [1.29, 1.82) is 0 Å². The molecule has 206 valence electrons. The molecule has 0 saturated carbocycles. The minimum atomic E-state index is -4.64. The third-order valence-electron chi connectivity index (χ3n) is 5.22. The van der Waals surface area contributed by atoms with Crippen LogP contribution in [-0.4, -0.2) is 62.4 Å². The van der Waals surface area contributed by atoms with Crippen LogP contribution in [0.1, 0.15) is 27.0 Å². The molecule has 0 aliphatic carbocycles. The van der Waals surface area contributed by atoms with Gasteiger partial charge in [-0.25, -0.2) is 14.2 Å². The maximum atomic E-state index is 13.9. The Bertz CT molecular complexity index is 1360. The molecule has 2 heterocycles. The number of carbonyl (C=O) groups excluding carboxylic acids is 1. The Labute approximate surface area is 215 Å². The summed E-state index contributed by atoms with van der Waals surface area (Å²) in [6.07, 6.45) is -1.52. The van der Waals surface area contributed by atoms with Crippen molar-refractivity contribution >= 4 is 13.8 Å². The summed E-state index contributed by atoms with van der Waals surface area (Å²) >= 11 is 0. The lowest BCUT2D eigenvalue weighted by molar-refractivity contribution is -0.156. The van der Waals surface area contributed by atoms with Crippen LogP contribution in [0.4, 0.5) is 4.39 Å². The van der Waals surface area contributed by atoms with E-state index in [1.807, 2.05) is 5.92 Å². The van der Waals surface area contributed by atoms with Gasteiger partial charge in [0.2, 0.25) is 5.82 Å². The SMILES string of the molecule is C#C[C@@]1(O)[C@@H](O)[C@@H](CO[P@](=O)(Oc2ccccc2)O[C@@H](C)C(=O)OC(C)C)O[C@H]1n1cc(F)c(=O)[nH]c1=O. The third-order valence-corrected chi connectivity index (χ3v) is 6.69. The van der Waals surface area contributed by atoms with Gasteiger partial charge in [-0.2, -0.15) is 4.39 Å². The minimum absolute atomic E-state index is 0.0430. The lowest BCUT2D eigenvalue weighted by Crippen LogP contribution is -2.48. The lowest BCUT2D eigenvalue weighted by atomic mass is 9.95. The van der Waals surface area contributed by atoms with Gasteiger partial charge in [-0.1, -0.05) is 24.1 Å². The molecule has 13 nitrogen and oxygen atoms in total. The second-order valence-electron chi connectivity index (χ2n) is 8.47. The molecule has 1 aromatic heterocycles. The lowest BCUT2D eigenvalue weighted by Gasteiger charge is -2.26. The number of aliphatic hydroxyl groups excluding tert-OH is 1. The number of hydrogen-bond donors (Lipinski definition) is 3. The van der Waals surface area contributed by atoms with Crippen LogP contribution < -0.4 is 15.8 Å². The van der Waals surface area contributed by atoms with Crippen molar-refractivity contribution in [3.8, 4) is 18.1 Å². The van der Waals surface area contributed by atoms with E-state index in [0.717, 1.165) is 0 Å². The first-order chi connectivity index (χ1) is 17.8. The molecule has 2 aromatic rings. The molecular weight excluding hydrogens is 530 g/mol. The zero-order valence-corrected chi connectivity index (χ0v) is 21.4. The number of rotatable bonds is 10. The summed E-state index contributed by atoms with van der Waals surface area (Å²) < 4.78 is 54.3. The van der Waals surface area contributed by atoms with Gasteiger partial charge in [-0.15, -0.1) is 6.42 Å². The van der Waals surface area contributed by atoms with Crippen molar-refractivity contribution in [2.24, 2.45) is 0 Å². The molecule has 1 aromatic carbocycles. The Morgan fingerprint density at radius 1 is 1.32 bits per heavy atom. The van der Waals surface area contributed by atoms with Gasteiger partial charge >= 0.3 is 19.5 Å². The Hall–Kier alpha value is -3.31. The van der Waals surface area contributed by atoms with Gasteiger partial charge in [0.25, 0.3) is 5.56 Å². The summed E-state index contributed by atoms with van der Waals surface area (Å²) in [5.74, 6) is -0.319. The quantitative estimate of drug-likeness (QED) is 0.215. The van der Waals surface area contributed by atoms with Gasteiger partial charge in [-0.05, 0) is 32.9 Å². The van der Waals surface area contributed by atoms with Crippen molar-refractivity contribution in [3.05, 3.63) is 63.2 Å². The maximum absolute atomic E-state index is 13.9. The van der Waals surface area contributed by atoms with Crippen LogP contribution in [0.15, 0.2) is 46.1 Å². The predicted molar refractivity (Wildman–Crippen MR) is 127 cm³/mol. The topological polar surface area (TPSA) is 176 Å². The van der Waals surface area contributed by atoms with Crippen LogP contribution in [-0.2, 0) is 27.9 Å². The fourth-order valence-corrected chi connectivity index (χ4v) is 4.73. The monoisotopic (exact) mass is 556 g/mol. The highest BCUT2D eigenvalue weighted by Gasteiger charge is 2.56. The molecular formula is C23H26FN2O11P. The molecule has 1 aliphatic rings. The van der Waals surface area contributed by atoms with Gasteiger partial charge in [0.05, 0.1) is 18.9 Å². The summed E-state index contributed by atoms with van der Waals surface area (Å²) in [7, 11) is -4.64. The largest absolute Gasteiger partial charge is 0.530 e. The van der Waals surface area contributed by atoms with E-state index in [4.69, 9.17) is 29.5 Å². The van der Waals surface area contributed by atoms with Gasteiger partial charge < -0.3 is 24.2 Å².